The van der Waals surface area contributed by atoms with Gasteiger partial charge in [0.15, 0.2) is 5.76 Å². The van der Waals surface area contributed by atoms with E-state index in [2.05, 4.69) is 10.0 Å². The third-order valence-electron chi connectivity index (χ3n) is 2.77. The monoisotopic (exact) mass is 312 g/mol. The Morgan fingerprint density at radius 2 is 1.95 bits per heavy atom. The first kappa shape index (κ1) is 15.2. The molecule has 0 atom stereocenters. The molecule has 0 aliphatic carbocycles. The van der Waals surface area contributed by atoms with Crippen molar-refractivity contribution in [3.63, 3.8) is 0 Å². The van der Waals surface area contributed by atoms with Crippen molar-refractivity contribution < 1.29 is 22.0 Å². The minimum atomic E-state index is -3.75. The van der Waals surface area contributed by atoms with Gasteiger partial charge in [-0.05, 0) is 43.8 Å². The summed E-state index contributed by atoms with van der Waals surface area (Å²) < 4.78 is 43.4. The Balaban J connectivity index is 2.19. The van der Waals surface area contributed by atoms with Crippen LogP contribution in [0.4, 0.5) is 10.1 Å². The van der Waals surface area contributed by atoms with Gasteiger partial charge in [-0.25, -0.2) is 17.5 Å². The molecule has 0 aliphatic rings. The Morgan fingerprint density at radius 1 is 1.24 bits per heavy atom. The molecule has 0 bridgehead atoms. The average molecular weight is 312 g/mol. The van der Waals surface area contributed by atoms with E-state index >= 15 is 0 Å². The molecule has 1 amide bonds. The molecule has 0 radical (unpaired) electrons. The summed E-state index contributed by atoms with van der Waals surface area (Å²) in [5.41, 5.74) is 0.700. The van der Waals surface area contributed by atoms with Crippen LogP contribution in [0.1, 0.15) is 16.1 Å². The molecule has 0 saturated carbocycles. The lowest BCUT2D eigenvalue weighted by molar-refractivity contribution is 0.0991. The molecule has 6 nitrogen and oxygen atoms in total. The van der Waals surface area contributed by atoms with E-state index in [0.717, 1.165) is 6.07 Å². The van der Waals surface area contributed by atoms with Crippen LogP contribution in [0.25, 0.3) is 0 Å². The predicted octanol–water partition coefficient (Wildman–Crippen LogP) is 1.89. The highest BCUT2D eigenvalue weighted by molar-refractivity contribution is 7.89. The number of sulfonamides is 1. The van der Waals surface area contributed by atoms with E-state index in [4.69, 9.17) is 4.42 Å². The van der Waals surface area contributed by atoms with Crippen molar-refractivity contribution in [2.24, 2.45) is 0 Å². The number of aryl methyl sites for hydroxylation is 1. The molecule has 0 spiro atoms. The Kier molecular flexibility index (Phi) is 4.10. The normalized spacial score (nSPS) is 11.4. The number of rotatable bonds is 4. The predicted molar refractivity (Wildman–Crippen MR) is 74.0 cm³/mol. The lowest BCUT2D eigenvalue weighted by Crippen LogP contribution is -2.18. The fourth-order valence-electron chi connectivity index (χ4n) is 1.55. The molecule has 2 rings (SSSR count). The number of amides is 1. The van der Waals surface area contributed by atoms with Gasteiger partial charge in [0, 0.05) is 5.69 Å². The quantitative estimate of drug-likeness (QED) is 0.902. The van der Waals surface area contributed by atoms with Gasteiger partial charge in [-0.15, -0.1) is 0 Å². The maximum atomic E-state index is 13.4. The van der Waals surface area contributed by atoms with Crippen LogP contribution in [0, 0.1) is 12.7 Å². The molecule has 21 heavy (non-hydrogen) atoms. The summed E-state index contributed by atoms with van der Waals surface area (Å²) in [5, 5.41) is 2.05. The average Bonchev–Trinajstić information content (AvgIpc) is 2.93. The second-order valence-electron chi connectivity index (χ2n) is 4.24. The van der Waals surface area contributed by atoms with Crippen LogP contribution in [0.5, 0.6) is 0 Å². The molecule has 0 unspecified atom stereocenters. The minimum absolute atomic E-state index is 0.190. The largest absolute Gasteiger partial charge is 0.438 e. The molecule has 1 aromatic heterocycles. The van der Waals surface area contributed by atoms with Crippen molar-refractivity contribution >= 4 is 21.6 Å². The van der Waals surface area contributed by atoms with Crippen molar-refractivity contribution in [2.75, 3.05) is 12.4 Å². The maximum absolute atomic E-state index is 13.4. The smallest absolute Gasteiger partial charge is 0.291 e. The van der Waals surface area contributed by atoms with E-state index in [0.29, 0.717) is 5.56 Å². The lowest BCUT2D eigenvalue weighted by Gasteiger charge is -2.04. The number of hydrogen-bond acceptors (Lipinski definition) is 4. The van der Waals surface area contributed by atoms with E-state index < -0.39 is 21.7 Å². The maximum Gasteiger partial charge on any atom is 0.291 e. The Labute approximate surface area is 121 Å². The van der Waals surface area contributed by atoms with E-state index in [1.54, 1.807) is 6.92 Å². The van der Waals surface area contributed by atoms with Gasteiger partial charge in [0.05, 0.1) is 0 Å². The molecule has 0 aliphatic heterocycles. The van der Waals surface area contributed by atoms with Crippen molar-refractivity contribution in [1.29, 1.82) is 0 Å². The van der Waals surface area contributed by atoms with E-state index in [-0.39, 0.29) is 16.5 Å². The van der Waals surface area contributed by atoms with Gasteiger partial charge in [-0.2, -0.15) is 0 Å². The van der Waals surface area contributed by atoms with Crippen LogP contribution in [0.3, 0.4) is 0 Å². The first-order chi connectivity index (χ1) is 9.83. The number of halogens is 1. The zero-order valence-electron chi connectivity index (χ0n) is 11.3. The van der Waals surface area contributed by atoms with Crippen LogP contribution in [0.2, 0.25) is 0 Å². The summed E-state index contributed by atoms with van der Waals surface area (Å²) in [7, 11) is -2.52. The molecular formula is C13H13FN2O4S. The first-order valence-corrected chi connectivity index (χ1v) is 7.42. The Bertz CT molecular complexity index is 783. The molecule has 2 aromatic rings. The summed E-state index contributed by atoms with van der Waals surface area (Å²) >= 11 is 0. The molecule has 1 heterocycles. The fraction of sp³-hybridized carbons (Fsp3) is 0.154. The van der Waals surface area contributed by atoms with Crippen LogP contribution in [0.15, 0.2) is 39.8 Å². The van der Waals surface area contributed by atoms with Crippen LogP contribution in [-0.2, 0) is 10.0 Å². The summed E-state index contributed by atoms with van der Waals surface area (Å²) in [5.74, 6) is -1.31. The highest BCUT2D eigenvalue weighted by atomic mass is 32.2. The first-order valence-electron chi connectivity index (χ1n) is 5.94. The molecule has 2 N–H and O–H groups in total. The van der Waals surface area contributed by atoms with E-state index in [1.807, 2.05) is 0 Å². The van der Waals surface area contributed by atoms with Crippen LogP contribution in [-0.4, -0.2) is 21.4 Å². The summed E-state index contributed by atoms with van der Waals surface area (Å²) in [6, 6.07) is 6.61. The number of furan rings is 1. The Morgan fingerprint density at radius 3 is 2.57 bits per heavy atom. The fourth-order valence-corrected chi connectivity index (χ4v) is 2.20. The number of nitrogens with one attached hydrogen (secondary N) is 2. The SMILES string of the molecule is CNS(=O)(=O)c1ccc(C(=O)Nc2ccc(C)c(F)c2)o1. The second-order valence-corrected chi connectivity index (χ2v) is 6.06. The van der Waals surface area contributed by atoms with Gasteiger partial charge in [0.1, 0.15) is 5.82 Å². The molecule has 0 fully saturated rings. The van der Waals surface area contributed by atoms with Crippen molar-refractivity contribution in [1.82, 2.24) is 4.72 Å². The number of benzene rings is 1. The number of anilines is 1. The number of hydrogen-bond donors (Lipinski definition) is 2. The number of carbonyl (C=O) groups excluding carboxylic acids is 1. The number of carbonyl (C=O) groups is 1. The minimum Gasteiger partial charge on any atom is -0.438 e. The molecule has 1 aromatic carbocycles. The van der Waals surface area contributed by atoms with Crippen molar-refractivity contribution in [3.8, 4) is 0 Å². The summed E-state index contributed by atoms with van der Waals surface area (Å²) in [6.45, 7) is 1.60. The Hall–Kier alpha value is -2.19. The van der Waals surface area contributed by atoms with Crippen molar-refractivity contribution in [3.05, 3.63) is 47.5 Å². The van der Waals surface area contributed by atoms with Crippen LogP contribution < -0.4 is 10.0 Å². The third kappa shape index (κ3) is 3.29. The third-order valence-corrected chi connectivity index (χ3v) is 4.06. The van der Waals surface area contributed by atoms with Gasteiger partial charge in [0.2, 0.25) is 5.09 Å². The van der Waals surface area contributed by atoms with Crippen molar-refractivity contribution in [2.45, 2.75) is 12.0 Å². The van der Waals surface area contributed by atoms with Gasteiger partial charge in [-0.3, -0.25) is 4.79 Å². The van der Waals surface area contributed by atoms with Gasteiger partial charge in [0.25, 0.3) is 15.9 Å². The van der Waals surface area contributed by atoms with E-state index in [1.165, 1.54) is 31.3 Å². The summed E-state index contributed by atoms with van der Waals surface area (Å²) in [4.78, 5) is 11.9. The zero-order valence-corrected chi connectivity index (χ0v) is 12.1. The van der Waals surface area contributed by atoms with Gasteiger partial charge >= 0.3 is 0 Å². The van der Waals surface area contributed by atoms with Gasteiger partial charge < -0.3 is 9.73 Å². The second kappa shape index (κ2) is 5.66. The molecule has 8 heteroatoms. The van der Waals surface area contributed by atoms with Gasteiger partial charge in [-0.1, -0.05) is 6.07 Å². The highest BCUT2D eigenvalue weighted by Crippen LogP contribution is 2.17. The standard InChI is InChI=1S/C13H13FN2O4S/c1-8-3-4-9(7-10(8)14)16-13(17)11-5-6-12(20-11)21(18,19)15-2/h3-7,15H,1-2H3,(H,16,17). The zero-order chi connectivity index (χ0) is 15.6. The van der Waals surface area contributed by atoms with E-state index in [9.17, 15) is 17.6 Å². The molecular weight excluding hydrogens is 299 g/mol. The topological polar surface area (TPSA) is 88.4 Å². The summed E-state index contributed by atoms with van der Waals surface area (Å²) in [6.07, 6.45) is 0. The lowest BCUT2D eigenvalue weighted by atomic mass is 10.2. The molecule has 0 saturated heterocycles. The molecule has 112 valence electrons. The van der Waals surface area contributed by atoms with Crippen LogP contribution >= 0.6 is 0 Å². The highest BCUT2D eigenvalue weighted by Gasteiger charge is 2.19.